The van der Waals surface area contributed by atoms with Gasteiger partial charge in [0.15, 0.2) is 9.84 Å². The summed E-state index contributed by atoms with van der Waals surface area (Å²) in [4.78, 5) is 4.14. The van der Waals surface area contributed by atoms with Crippen LogP contribution in [0.1, 0.15) is 19.5 Å². The normalized spacial score (nSPS) is 12.2. The van der Waals surface area contributed by atoms with E-state index in [9.17, 15) is 8.42 Å². The van der Waals surface area contributed by atoms with Crippen molar-refractivity contribution in [1.82, 2.24) is 9.55 Å². The van der Waals surface area contributed by atoms with E-state index in [-0.39, 0.29) is 11.0 Å². The first-order chi connectivity index (χ1) is 7.45. The Bertz CT molecular complexity index is 423. The number of aryl methyl sites for hydroxylation is 1. The molecule has 0 aliphatic heterocycles. The Balaban J connectivity index is 2.55. The molecule has 2 N–H and O–H groups in total. The molecule has 0 aliphatic rings. The summed E-state index contributed by atoms with van der Waals surface area (Å²) in [6, 6.07) is 0. The highest BCUT2D eigenvalue weighted by atomic mass is 32.2. The van der Waals surface area contributed by atoms with Crippen molar-refractivity contribution >= 4 is 9.84 Å². The first-order valence-electron chi connectivity index (χ1n) is 5.38. The predicted molar refractivity (Wildman–Crippen MR) is 63.9 cm³/mol. The Labute approximate surface area is 96.6 Å². The number of rotatable bonds is 6. The van der Waals surface area contributed by atoms with Gasteiger partial charge in [-0.25, -0.2) is 13.4 Å². The van der Waals surface area contributed by atoms with Gasteiger partial charge >= 0.3 is 0 Å². The number of sulfone groups is 1. The Morgan fingerprint density at radius 1 is 1.50 bits per heavy atom. The molecular formula is C10H19N3O2S. The third-order valence-electron chi connectivity index (χ3n) is 2.44. The van der Waals surface area contributed by atoms with Crippen molar-refractivity contribution in [3.05, 3.63) is 18.2 Å². The highest BCUT2D eigenvalue weighted by molar-refractivity contribution is 7.91. The lowest BCUT2D eigenvalue weighted by atomic mass is 10.3. The summed E-state index contributed by atoms with van der Waals surface area (Å²) in [7, 11) is -2.97. The molecule has 0 aromatic carbocycles. The van der Waals surface area contributed by atoms with Crippen LogP contribution in [0, 0.1) is 0 Å². The number of hydrogen-bond donors (Lipinski definition) is 1. The maximum absolute atomic E-state index is 11.6. The molecule has 0 fully saturated rings. The smallest absolute Gasteiger partial charge is 0.154 e. The molecule has 0 atom stereocenters. The molecule has 0 bridgehead atoms. The molecule has 0 spiro atoms. The SMILES string of the molecule is CC(C)S(=O)(=O)CCn1cnc(CCN)c1. The zero-order valence-electron chi connectivity index (χ0n) is 9.76. The molecule has 6 heteroatoms. The zero-order chi connectivity index (χ0) is 12.2. The molecule has 0 radical (unpaired) electrons. The third kappa shape index (κ3) is 3.61. The van der Waals surface area contributed by atoms with E-state index >= 15 is 0 Å². The van der Waals surface area contributed by atoms with Gasteiger partial charge in [0.1, 0.15) is 0 Å². The van der Waals surface area contributed by atoms with Crippen LogP contribution in [0.2, 0.25) is 0 Å². The van der Waals surface area contributed by atoms with Crippen LogP contribution in [0.5, 0.6) is 0 Å². The van der Waals surface area contributed by atoms with Crippen molar-refractivity contribution in [2.75, 3.05) is 12.3 Å². The molecule has 0 amide bonds. The summed E-state index contributed by atoms with van der Waals surface area (Å²) in [5.41, 5.74) is 6.31. The molecule has 16 heavy (non-hydrogen) atoms. The van der Waals surface area contributed by atoms with Gasteiger partial charge in [0.25, 0.3) is 0 Å². The van der Waals surface area contributed by atoms with Gasteiger partial charge in [0.2, 0.25) is 0 Å². The highest BCUT2D eigenvalue weighted by Gasteiger charge is 2.15. The maximum atomic E-state index is 11.6. The summed E-state index contributed by atoms with van der Waals surface area (Å²) >= 11 is 0. The summed E-state index contributed by atoms with van der Waals surface area (Å²) in [5, 5.41) is -0.320. The van der Waals surface area contributed by atoms with E-state index in [4.69, 9.17) is 5.73 Å². The van der Waals surface area contributed by atoms with E-state index in [1.165, 1.54) is 0 Å². The molecule has 1 aromatic rings. The van der Waals surface area contributed by atoms with Gasteiger partial charge in [-0.2, -0.15) is 0 Å². The minimum atomic E-state index is -2.97. The lowest BCUT2D eigenvalue weighted by Gasteiger charge is -2.07. The fourth-order valence-corrected chi connectivity index (χ4v) is 2.21. The largest absolute Gasteiger partial charge is 0.336 e. The summed E-state index contributed by atoms with van der Waals surface area (Å²) in [6.07, 6.45) is 4.23. The fraction of sp³-hybridized carbons (Fsp3) is 0.700. The van der Waals surface area contributed by atoms with Gasteiger partial charge < -0.3 is 10.3 Å². The van der Waals surface area contributed by atoms with E-state index < -0.39 is 9.84 Å². The molecule has 1 aromatic heterocycles. The van der Waals surface area contributed by atoms with Crippen LogP contribution < -0.4 is 5.73 Å². The Morgan fingerprint density at radius 3 is 2.75 bits per heavy atom. The molecule has 92 valence electrons. The van der Waals surface area contributed by atoms with Crippen LogP contribution in [0.15, 0.2) is 12.5 Å². The van der Waals surface area contributed by atoms with E-state index in [1.54, 1.807) is 24.7 Å². The number of nitrogens with zero attached hydrogens (tertiary/aromatic N) is 2. The van der Waals surface area contributed by atoms with E-state index in [1.807, 2.05) is 6.20 Å². The molecule has 0 unspecified atom stereocenters. The second-order valence-electron chi connectivity index (χ2n) is 4.06. The number of imidazole rings is 1. The highest BCUT2D eigenvalue weighted by Crippen LogP contribution is 2.03. The number of aromatic nitrogens is 2. The summed E-state index contributed by atoms with van der Waals surface area (Å²) in [5.74, 6) is 0.156. The van der Waals surface area contributed by atoms with Crippen molar-refractivity contribution in [2.45, 2.75) is 32.1 Å². The molecule has 0 saturated carbocycles. The van der Waals surface area contributed by atoms with E-state index in [0.717, 1.165) is 12.1 Å². The topological polar surface area (TPSA) is 78.0 Å². The van der Waals surface area contributed by atoms with Gasteiger partial charge in [-0.15, -0.1) is 0 Å². The lowest BCUT2D eigenvalue weighted by molar-refractivity contribution is 0.580. The minimum absolute atomic E-state index is 0.156. The van der Waals surface area contributed by atoms with Crippen LogP contribution in [0.4, 0.5) is 0 Å². The second-order valence-corrected chi connectivity index (χ2v) is 6.73. The molecule has 5 nitrogen and oxygen atoms in total. The quantitative estimate of drug-likeness (QED) is 0.777. The van der Waals surface area contributed by atoms with Crippen LogP contribution >= 0.6 is 0 Å². The van der Waals surface area contributed by atoms with Crippen molar-refractivity contribution in [3.8, 4) is 0 Å². The monoisotopic (exact) mass is 245 g/mol. The third-order valence-corrected chi connectivity index (χ3v) is 4.63. The van der Waals surface area contributed by atoms with Crippen LogP contribution in [0.3, 0.4) is 0 Å². The molecule has 0 saturated heterocycles. The van der Waals surface area contributed by atoms with Gasteiger partial charge in [0, 0.05) is 19.2 Å². The summed E-state index contributed by atoms with van der Waals surface area (Å²) in [6.45, 7) is 4.41. The van der Waals surface area contributed by atoms with E-state index in [0.29, 0.717) is 13.1 Å². The first kappa shape index (κ1) is 13.2. The van der Waals surface area contributed by atoms with Crippen molar-refractivity contribution in [3.63, 3.8) is 0 Å². The second kappa shape index (κ2) is 5.45. The van der Waals surface area contributed by atoms with Crippen LogP contribution in [-0.2, 0) is 22.8 Å². The molecule has 1 heterocycles. The van der Waals surface area contributed by atoms with Gasteiger partial charge in [-0.3, -0.25) is 0 Å². The minimum Gasteiger partial charge on any atom is -0.336 e. The molecule has 1 rings (SSSR count). The van der Waals surface area contributed by atoms with Crippen molar-refractivity contribution in [2.24, 2.45) is 5.73 Å². The predicted octanol–water partition coefficient (Wildman–Crippen LogP) is 0.208. The van der Waals surface area contributed by atoms with Gasteiger partial charge in [-0.1, -0.05) is 0 Å². The Kier molecular flexibility index (Phi) is 4.49. The van der Waals surface area contributed by atoms with Gasteiger partial charge in [0.05, 0.1) is 23.0 Å². The van der Waals surface area contributed by atoms with Crippen LogP contribution in [-0.4, -0.2) is 35.5 Å². The van der Waals surface area contributed by atoms with Crippen LogP contribution in [0.25, 0.3) is 0 Å². The standard InChI is InChI=1S/C10H19N3O2S/c1-9(2)16(14,15)6-5-13-7-10(3-4-11)12-8-13/h7-9H,3-6,11H2,1-2H3. The number of nitrogens with two attached hydrogens (primary N) is 1. The van der Waals surface area contributed by atoms with E-state index in [2.05, 4.69) is 4.98 Å². The Morgan fingerprint density at radius 2 is 2.19 bits per heavy atom. The number of hydrogen-bond acceptors (Lipinski definition) is 4. The summed E-state index contributed by atoms with van der Waals surface area (Å²) < 4.78 is 25.0. The first-order valence-corrected chi connectivity index (χ1v) is 7.09. The molecular weight excluding hydrogens is 226 g/mol. The average Bonchev–Trinajstić information content (AvgIpc) is 2.63. The maximum Gasteiger partial charge on any atom is 0.154 e. The zero-order valence-corrected chi connectivity index (χ0v) is 10.6. The van der Waals surface area contributed by atoms with Crippen molar-refractivity contribution in [1.29, 1.82) is 0 Å². The lowest BCUT2D eigenvalue weighted by Crippen LogP contribution is -2.20. The average molecular weight is 245 g/mol. The fourth-order valence-electron chi connectivity index (χ4n) is 1.27. The van der Waals surface area contributed by atoms with Crippen molar-refractivity contribution < 1.29 is 8.42 Å². The Hall–Kier alpha value is -0.880. The van der Waals surface area contributed by atoms with Gasteiger partial charge in [-0.05, 0) is 20.4 Å². The molecule has 0 aliphatic carbocycles.